The van der Waals surface area contributed by atoms with Gasteiger partial charge in [0.15, 0.2) is 0 Å². The molecule has 1 fully saturated rings. The van der Waals surface area contributed by atoms with Gasteiger partial charge in [-0.2, -0.15) is 0 Å². The highest BCUT2D eigenvalue weighted by Crippen LogP contribution is 2.15. The van der Waals surface area contributed by atoms with Gasteiger partial charge in [-0.25, -0.2) is 0 Å². The highest BCUT2D eigenvalue weighted by atomic mass is 16.2. The van der Waals surface area contributed by atoms with Gasteiger partial charge in [-0.15, -0.1) is 0 Å². The molecule has 1 unspecified atom stereocenters. The molecule has 1 aliphatic heterocycles. The van der Waals surface area contributed by atoms with Gasteiger partial charge in [0.2, 0.25) is 0 Å². The van der Waals surface area contributed by atoms with Crippen molar-refractivity contribution in [3.63, 3.8) is 0 Å². The molecule has 0 bridgehead atoms. The zero-order chi connectivity index (χ0) is 8.10. The maximum Gasteiger partial charge on any atom is 0.0468 e. The quantitative estimate of drug-likeness (QED) is 0.597. The van der Waals surface area contributed by atoms with Gasteiger partial charge in [0.1, 0.15) is 0 Å². The second-order valence-corrected chi connectivity index (χ2v) is 3.13. The van der Waals surface area contributed by atoms with Crippen LogP contribution in [0.1, 0.15) is 25.7 Å². The van der Waals surface area contributed by atoms with Crippen LogP contribution in [0, 0.1) is 0 Å². The van der Waals surface area contributed by atoms with E-state index in [1.807, 2.05) is 0 Å². The van der Waals surface area contributed by atoms with Crippen molar-refractivity contribution in [3.8, 4) is 0 Å². The molecule has 0 aromatic carbocycles. The average Bonchev–Trinajstić information content (AvgIpc) is 2.07. The van der Waals surface area contributed by atoms with Crippen molar-refractivity contribution in [1.82, 2.24) is 5.32 Å². The summed E-state index contributed by atoms with van der Waals surface area (Å²) in [5.41, 5.74) is 1.16. The molecule has 0 amide bonds. The molecule has 2 N–H and O–H groups in total. The van der Waals surface area contributed by atoms with Crippen LogP contribution in [0.3, 0.4) is 0 Å². The van der Waals surface area contributed by atoms with E-state index in [4.69, 9.17) is 5.11 Å². The predicted molar refractivity (Wildman–Crippen MR) is 46.5 cm³/mol. The van der Waals surface area contributed by atoms with Crippen molar-refractivity contribution < 1.29 is 5.11 Å². The molecular weight excluding hydrogens is 138 g/mol. The second-order valence-electron chi connectivity index (χ2n) is 3.13. The molecule has 1 saturated heterocycles. The van der Waals surface area contributed by atoms with Gasteiger partial charge in [-0.05, 0) is 25.8 Å². The number of piperidine rings is 1. The summed E-state index contributed by atoms with van der Waals surface area (Å²) in [6, 6.07) is 0.468. The minimum absolute atomic E-state index is 0.233. The topological polar surface area (TPSA) is 32.3 Å². The third kappa shape index (κ3) is 2.64. The van der Waals surface area contributed by atoms with Gasteiger partial charge >= 0.3 is 0 Å². The maximum absolute atomic E-state index is 8.68. The van der Waals surface area contributed by atoms with Crippen molar-refractivity contribution in [2.45, 2.75) is 31.7 Å². The molecular formula is C9H17NO. The zero-order valence-corrected chi connectivity index (χ0v) is 6.97. The van der Waals surface area contributed by atoms with E-state index in [0.717, 1.165) is 18.5 Å². The van der Waals surface area contributed by atoms with E-state index in [1.165, 1.54) is 19.3 Å². The molecule has 1 aliphatic rings. The van der Waals surface area contributed by atoms with Gasteiger partial charge in [0, 0.05) is 12.6 Å². The highest BCUT2D eigenvalue weighted by molar-refractivity contribution is 5.06. The summed E-state index contributed by atoms with van der Waals surface area (Å²) >= 11 is 0. The molecule has 2 heteroatoms. The van der Waals surface area contributed by atoms with Crippen molar-refractivity contribution >= 4 is 0 Å². The first-order chi connectivity index (χ1) is 5.34. The number of nitrogens with one attached hydrogen (secondary N) is 1. The van der Waals surface area contributed by atoms with Gasteiger partial charge in [-0.3, -0.25) is 0 Å². The van der Waals surface area contributed by atoms with Gasteiger partial charge < -0.3 is 10.4 Å². The normalized spacial score (nSPS) is 25.0. The summed E-state index contributed by atoms with van der Waals surface area (Å²) in [6.07, 6.45) is 4.52. The summed E-state index contributed by atoms with van der Waals surface area (Å²) in [5.74, 6) is 0. The predicted octanol–water partition coefficient (Wildman–Crippen LogP) is 1.07. The fourth-order valence-corrected chi connectivity index (χ4v) is 1.52. The van der Waals surface area contributed by atoms with Gasteiger partial charge in [0.25, 0.3) is 0 Å². The molecule has 0 aromatic heterocycles. The molecule has 0 saturated carbocycles. The molecule has 2 nitrogen and oxygen atoms in total. The van der Waals surface area contributed by atoms with Crippen LogP contribution < -0.4 is 5.32 Å². The van der Waals surface area contributed by atoms with Gasteiger partial charge in [-0.1, -0.05) is 18.6 Å². The highest BCUT2D eigenvalue weighted by Gasteiger charge is 2.14. The SMILES string of the molecule is C=C(CCO)C1CCCCN1. The van der Waals surface area contributed by atoms with Crippen LogP contribution in [0.2, 0.25) is 0 Å². The minimum Gasteiger partial charge on any atom is -0.396 e. The van der Waals surface area contributed by atoms with Crippen LogP contribution in [0.15, 0.2) is 12.2 Å². The summed E-state index contributed by atoms with van der Waals surface area (Å²) in [4.78, 5) is 0. The number of aliphatic hydroxyl groups excluding tert-OH is 1. The Labute approximate surface area is 68.3 Å². The summed E-state index contributed by atoms with van der Waals surface area (Å²) in [6.45, 7) is 5.29. The van der Waals surface area contributed by atoms with Gasteiger partial charge in [0.05, 0.1) is 0 Å². The minimum atomic E-state index is 0.233. The summed E-state index contributed by atoms with van der Waals surface area (Å²) in [5, 5.41) is 12.1. The van der Waals surface area contributed by atoms with Crippen LogP contribution in [0.4, 0.5) is 0 Å². The molecule has 0 aliphatic carbocycles. The Hall–Kier alpha value is -0.340. The largest absolute Gasteiger partial charge is 0.396 e. The van der Waals surface area contributed by atoms with E-state index in [2.05, 4.69) is 11.9 Å². The second kappa shape index (κ2) is 4.52. The van der Waals surface area contributed by atoms with Crippen LogP contribution in [-0.4, -0.2) is 24.3 Å². The Balaban J connectivity index is 2.27. The lowest BCUT2D eigenvalue weighted by Gasteiger charge is -2.25. The molecule has 1 rings (SSSR count). The van der Waals surface area contributed by atoms with Crippen molar-refractivity contribution in [2.24, 2.45) is 0 Å². The molecule has 64 valence electrons. The number of rotatable bonds is 3. The Kier molecular flexibility index (Phi) is 3.60. The zero-order valence-electron chi connectivity index (χ0n) is 6.97. The van der Waals surface area contributed by atoms with Crippen molar-refractivity contribution in [2.75, 3.05) is 13.2 Å². The van der Waals surface area contributed by atoms with Crippen LogP contribution >= 0.6 is 0 Å². The van der Waals surface area contributed by atoms with E-state index in [0.29, 0.717) is 6.04 Å². The van der Waals surface area contributed by atoms with E-state index in [-0.39, 0.29) is 6.61 Å². The molecule has 11 heavy (non-hydrogen) atoms. The van der Waals surface area contributed by atoms with E-state index < -0.39 is 0 Å². The third-order valence-corrected chi connectivity index (χ3v) is 2.24. The van der Waals surface area contributed by atoms with E-state index >= 15 is 0 Å². The van der Waals surface area contributed by atoms with Crippen LogP contribution in [0.25, 0.3) is 0 Å². The van der Waals surface area contributed by atoms with Crippen molar-refractivity contribution in [1.29, 1.82) is 0 Å². The first-order valence-electron chi connectivity index (χ1n) is 4.36. The fraction of sp³-hybridized carbons (Fsp3) is 0.778. The summed E-state index contributed by atoms with van der Waals surface area (Å²) < 4.78 is 0. The van der Waals surface area contributed by atoms with Crippen LogP contribution in [-0.2, 0) is 0 Å². The van der Waals surface area contributed by atoms with Crippen molar-refractivity contribution in [3.05, 3.63) is 12.2 Å². The first-order valence-corrected chi connectivity index (χ1v) is 4.36. The summed E-state index contributed by atoms with van der Waals surface area (Å²) in [7, 11) is 0. The Bertz CT molecular complexity index is 128. The smallest absolute Gasteiger partial charge is 0.0468 e. The molecule has 0 radical (unpaired) electrons. The maximum atomic E-state index is 8.68. The Morgan fingerprint density at radius 1 is 1.55 bits per heavy atom. The average molecular weight is 155 g/mol. The lowest BCUT2D eigenvalue weighted by molar-refractivity contribution is 0.292. The fourth-order valence-electron chi connectivity index (χ4n) is 1.52. The van der Waals surface area contributed by atoms with E-state index in [9.17, 15) is 0 Å². The third-order valence-electron chi connectivity index (χ3n) is 2.24. The lowest BCUT2D eigenvalue weighted by atomic mass is 9.97. The standard InChI is InChI=1S/C9H17NO/c1-8(5-7-11)9-4-2-3-6-10-9/h9-11H,1-7H2. The molecule has 1 atom stereocenters. The number of hydrogen-bond acceptors (Lipinski definition) is 2. The van der Waals surface area contributed by atoms with Crippen LogP contribution in [0.5, 0.6) is 0 Å². The molecule has 0 spiro atoms. The lowest BCUT2D eigenvalue weighted by Crippen LogP contribution is -2.35. The Morgan fingerprint density at radius 3 is 2.91 bits per heavy atom. The molecule has 0 aromatic rings. The first kappa shape index (κ1) is 8.75. The number of hydrogen-bond donors (Lipinski definition) is 2. The Morgan fingerprint density at radius 2 is 2.36 bits per heavy atom. The molecule has 1 heterocycles. The number of aliphatic hydroxyl groups is 1. The monoisotopic (exact) mass is 155 g/mol. The van der Waals surface area contributed by atoms with E-state index in [1.54, 1.807) is 0 Å².